The van der Waals surface area contributed by atoms with Gasteiger partial charge in [-0.05, 0) is 48.9 Å². The van der Waals surface area contributed by atoms with Gasteiger partial charge in [-0.2, -0.15) is 0 Å². The minimum Gasteiger partial charge on any atom is -0.379 e. The number of nitrogens with zero attached hydrogens (tertiary/aromatic N) is 1. The Kier molecular flexibility index (Phi) is 8.38. The summed E-state index contributed by atoms with van der Waals surface area (Å²) in [5, 5.41) is 6.54. The van der Waals surface area contributed by atoms with Crippen LogP contribution in [0.5, 0.6) is 0 Å². The summed E-state index contributed by atoms with van der Waals surface area (Å²) in [4.78, 5) is 14.9. The van der Waals surface area contributed by atoms with E-state index in [1.54, 1.807) is 0 Å². The number of morpholine rings is 1. The monoisotopic (exact) mass is 415 g/mol. The highest BCUT2D eigenvalue weighted by molar-refractivity contribution is 5.85. The van der Waals surface area contributed by atoms with Gasteiger partial charge in [0.15, 0.2) is 0 Å². The summed E-state index contributed by atoms with van der Waals surface area (Å²) in [5.74, 6) is 0.495. The van der Waals surface area contributed by atoms with Crippen molar-refractivity contribution in [2.24, 2.45) is 11.3 Å². The van der Waals surface area contributed by atoms with E-state index in [2.05, 4.69) is 39.8 Å². The van der Waals surface area contributed by atoms with Crippen molar-refractivity contribution in [1.29, 1.82) is 0 Å². The van der Waals surface area contributed by atoms with Gasteiger partial charge in [-0.3, -0.25) is 9.69 Å². The summed E-state index contributed by atoms with van der Waals surface area (Å²) < 4.78 is 5.39. The number of hydrogen-bond donors (Lipinski definition) is 2. The fraction of sp³-hybridized carbons (Fsp3) is 0.650. The van der Waals surface area contributed by atoms with Crippen LogP contribution < -0.4 is 10.6 Å². The summed E-state index contributed by atoms with van der Waals surface area (Å²) in [7, 11) is 0. The number of nitrogens with one attached hydrogen (secondary N) is 2. The Morgan fingerprint density at radius 2 is 1.74 bits per heavy atom. The van der Waals surface area contributed by atoms with Gasteiger partial charge < -0.3 is 15.4 Å². The van der Waals surface area contributed by atoms with Crippen LogP contribution in [0.1, 0.15) is 30.4 Å². The maximum atomic E-state index is 12.4. The third-order valence-electron chi connectivity index (χ3n) is 6.11. The summed E-state index contributed by atoms with van der Waals surface area (Å²) in [6.45, 7) is 7.44. The lowest BCUT2D eigenvalue weighted by molar-refractivity contribution is -0.123. The van der Waals surface area contributed by atoms with Gasteiger partial charge in [0.25, 0.3) is 0 Å². The van der Waals surface area contributed by atoms with Gasteiger partial charge in [-0.25, -0.2) is 0 Å². The lowest BCUT2D eigenvalue weighted by Gasteiger charge is -2.26. The number of halogens is 2. The SMILES string of the molecule is Cl.Cl.O=C(NCc1ccc(CN2CCOCC2)cc1)C1CC12CCNCC2. The predicted octanol–water partition coefficient (Wildman–Crippen LogP) is 2.37. The number of benzene rings is 1. The van der Waals surface area contributed by atoms with Crippen molar-refractivity contribution in [3.05, 3.63) is 35.4 Å². The maximum absolute atomic E-state index is 12.4. The second-order valence-corrected chi connectivity index (χ2v) is 7.79. The third kappa shape index (κ3) is 5.58. The van der Waals surface area contributed by atoms with Gasteiger partial charge >= 0.3 is 0 Å². The minimum absolute atomic E-state index is 0. The van der Waals surface area contributed by atoms with E-state index < -0.39 is 0 Å². The molecule has 1 aromatic rings. The quantitative estimate of drug-likeness (QED) is 0.774. The van der Waals surface area contributed by atoms with E-state index in [4.69, 9.17) is 4.74 Å². The maximum Gasteiger partial charge on any atom is 0.223 e. The number of piperidine rings is 1. The van der Waals surface area contributed by atoms with Crippen molar-refractivity contribution in [3.63, 3.8) is 0 Å². The lowest BCUT2D eigenvalue weighted by Crippen LogP contribution is -2.35. The molecule has 2 aliphatic heterocycles. The first kappa shape index (κ1) is 22.4. The second kappa shape index (κ2) is 10.1. The van der Waals surface area contributed by atoms with Crippen LogP contribution in [-0.4, -0.2) is 50.2 Å². The number of amides is 1. The Labute approximate surface area is 174 Å². The van der Waals surface area contributed by atoms with E-state index in [1.807, 2.05) is 0 Å². The van der Waals surface area contributed by atoms with Crippen LogP contribution in [0.15, 0.2) is 24.3 Å². The van der Waals surface area contributed by atoms with Gasteiger partial charge in [0.1, 0.15) is 0 Å². The largest absolute Gasteiger partial charge is 0.379 e. The number of rotatable bonds is 5. The van der Waals surface area contributed by atoms with Crippen LogP contribution in [0.4, 0.5) is 0 Å². The van der Waals surface area contributed by atoms with Crippen LogP contribution >= 0.6 is 24.8 Å². The molecule has 1 aliphatic carbocycles. The van der Waals surface area contributed by atoms with Crippen molar-refractivity contribution in [2.45, 2.75) is 32.4 Å². The van der Waals surface area contributed by atoms with Gasteiger partial charge in [-0.1, -0.05) is 24.3 Å². The summed E-state index contributed by atoms with van der Waals surface area (Å²) >= 11 is 0. The standard InChI is InChI=1S/C20H29N3O2.2ClH/c24-19(18-13-20(18)5-7-21-8-6-20)22-14-16-1-3-17(4-2-16)15-23-9-11-25-12-10-23;;/h1-4,18,21H,5-15H2,(H,22,24);2*1H. The molecule has 1 amide bonds. The molecule has 0 aromatic heterocycles. The lowest BCUT2D eigenvalue weighted by atomic mass is 9.92. The normalized spacial score (nSPS) is 23.8. The predicted molar refractivity (Wildman–Crippen MR) is 112 cm³/mol. The summed E-state index contributed by atoms with van der Waals surface area (Å²) in [6, 6.07) is 8.65. The summed E-state index contributed by atoms with van der Waals surface area (Å²) in [6.07, 6.45) is 3.39. The molecule has 2 saturated heterocycles. The van der Waals surface area contributed by atoms with Crippen molar-refractivity contribution in [2.75, 3.05) is 39.4 Å². The molecule has 7 heteroatoms. The molecule has 3 aliphatic rings. The molecule has 3 fully saturated rings. The molecule has 1 aromatic carbocycles. The Morgan fingerprint density at radius 1 is 1.11 bits per heavy atom. The van der Waals surface area contributed by atoms with Crippen LogP contribution in [0.2, 0.25) is 0 Å². The smallest absolute Gasteiger partial charge is 0.223 e. The van der Waals surface area contributed by atoms with Crippen molar-refractivity contribution in [1.82, 2.24) is 15.5 Å². The topological polar surface area (TPSA) is 53.6 Å². The Hall–Kier alpha value is -0.850. The zero-order valence-electron chi connectivity index (χ0n) is 15.7. The molecular formula is C20H31Cl2N3O2. The van der Waals surface area contributed by atoms with Crippen molar-refractivity contribution < 1.29 is 9.53 Å². The molecule has 1 atom stereocenters. The Bertz CT molecular complexity index is 600. The van der Waals surface area contributed by atoms with E-state index in [9.17, 15) is 4.79 Å². The molecule has 4 rings (SSSR count). The first-order valence-corrected chi connectivity index (χ1v) is 9.62. The van der Waals surface area contributed by atoms with E-state index >= 15 is 0 Å². The van der Waals surface area contributed by atoms with Crippen LogP contribution in [0.3, 0.4) is 0 Å². The first-order valence-electron chi connectivity index (χ1n) is 9.62. The number of carbonyl (C=O) groups excluding carboxylic acids is 1. The third-order valence-corrected chi connectivity index (χ3v) is 6.11. The minimum atomic E-state index is 0. The molecule has 0 radical (unpaired) electrons. The van der Waals surface area contributed by atoms with E-state index in [-0.39, 0.29) is 36.6 Å². The number of ether oxygens (including phenoxy) is 1. The fourth-order valence-corrected chi connectivity index (χ4v) is 4.29. The number of carbonyl (C=O) groups is 1. The van der Waals surface area contributed by atoms with Crippen LogP contribution in [-0.2, 0) is 22.6 Å². The molecule has 2 N–H and O–H groups in total. The van der Waals surface area contributed by atoms with Crippen molar-refractivity contribution in [3.8, 4) is 0 Å². The van der Waals surface area contributed by atoms with Crippen LogP contribution in [0.25, 0.3) is 0 Å². The van der Waals surface area contributed by atoms with E-state index in [0.717, 1.165) is 65.2 Å². The molecule has 27 heavy (non-hydrogen) atoms. The molecule has 5 nitrogen and oxygen atoms in total. The molecule has 1 spiro atoms. The Morgan fingerprint density at radius 3 is 2.41 bits per heavy atom. The second-order valence-electron chi connectivity index (χ2n) is 7.79. The molecule has 2 heterocycles. The average molecular weight is 416 g/mol. The highest BCUT2D eigenvalue weighted by Gasteiger charge is 2.57. The zero-order chi connectivity index (χ0) is 17.1. The van der Waals surface area contributed by atoms with Crippen molar-refractivity contribution >= 4 is 30.7 Å². The summed E-state index contributed by atoms with van der Waals surface area (Å²) in [5.41, 5.74) is 2.82. The molecule has 1 unspecified atom stereocenters. The van der Waals surface area contributed by atoms with Gasteiger partial charge in [-0.15, -0.1) is 24.8 Å². The van der Waals surface area contributed by atoms with Crippen LogP contribution in [0, 0.1) is 11.3 Å². The molecule has 152 valence electrons. The number of hydrogen-bond acceptors (Lipinski definition) is 4. The van der Waals surface area contributed by atoms with Gasteiger partial charge in [0.2, 0.25) is 5.91 Å². The molecular weight excluding hydrogens is 385 g/mol. The highest BCUT2D eigenvalue weighted by atomic mass is 35.5. The van der Waals surface area contributed by atoms with Gasteiger partial charge in [0, 0.05) is 32.1 Å². The Balaban J connectivity index is 0.00000131. The van der Waals surface area contributed by atoms with E-state index in [1.165, 1.54) is 11.1 Å². The fourth-order valence-electron chi connectivity index (χ4n) is 4.29. The highest BCUT2D eigenvalue weighted by Crippen LogP contribution is 2.58. The first-order chi connectivity index (χ1) is 12.3. The molecule has 0 bridgehead atoms. The zero-order valence-corrected chi connectivity index (χ0v) is 17.4. The van der Waals surface area contributed by atoms with Gasteiger partial charge in [0.05, 0.1) is 13.2 Å². The average Bonchev–Trinajstić information content (AvgIpc) is 3.35. The van der Waals surface area contributed by atoms with E-state index in [0.29, 0.717) is 12.0 Å². The molecule has 1 saturated carbocycles.